The predicted molar refractivity (Wildman–Crippen MR) is 124 cm³/mol. The lowest BCUT2D eigenvalue weighted by atomic mass is 9.95. The zero-order valence-electron chi connectivity index (χ0n) is 19.4. The van der Waals surface area contributed by atoms with E-state index < -0.39 is 0 Å². The van der Waals surface area contributed by atoms with E-state index in [2.05, 4.69) is 6.92 Å². The summed E-state index contributed by atoms with van der Waals surface area (Å²) in [5.41, 5.74) is 2.06. The van der Waals surface area contributed by atoms with Crippen LogP contribution in [0.15, 0.2) is 48.7 Å². The summed E-state index contributed by atoms with van der Waals surface area (Å²) >= 11 is 0. The van der Waals surface area contributed by atoms with Gasteiger partial charge in [0, 0.05) is 39.1 Å². The number of benzene rings is 1. The Morgan fingerprint density at radius 3 is 2.35 bits per heavy atom. The van der Waals surface area contributed by atoms with Crippen molar-refractivity contribution in [1.29, 1.82) is 0 Å². The van der Waals surface area contributed by atoms with Crippen molar-refractivity contribution in [3.05, 3.63) is 59.9 Å². The number of rotatable bonds is 13. The van der Waals surface area contributed by atoms with E-state index in [4.69, 9.17) is 4.74 Å². The average molecular weight is 428 g/mol. The predicted octanol–water partition coefficient (Wildman–Crippen LogP) is 3.82. The summed E-state index contributed by atoms with van der Waals surface area (Å²) in [6, 6.07) is 13.8. The van der Waals surface area contributed by atoms with E-state index >= 15 is 0 Å². The van der Waals surface area contributed by atoms with Gasteiger partial charge in [0.2, 0.25) is 11.8 Å². The van der Waals surface area contributed by atoms with Crippen LogP contribution in [0.4, 0.5) is 0 Å². The molecule has 1 aromatic carbocycles. The maximum atomic E-state index is 13.4. The number of nitrogens with zero attached hydrogens (tertiary/aromatic N) is 3. The molecule has 0 saturated carbocycles. The molecule has 2 rings (SSSR count). The van der Waals surface area contributed by atoms with Crippen molar-refractivity contribution < 1.29 is 14.3 Å². The molecule has 0 aliphatic rings. The standard InChI is InChI=1S/C25H37N3O3/c1-5-7-16-27(19-22-14-11-15-26(22)3)24(29)20-28(17-18-31-4)25(30)23(6-2)21-12-9-8-10-13-21/h8-15,23H,5-7,16-20H2,1-4H3. The maximum Gasteiger partial charge on any atom is 0.242 e. The molecule has 1 unspecified atom stereocenters. The lowest BCUT2D eigenvalue weighted by molar-refractivity contribution is -0.142. The second-order valence-electron chi connectivity index (χ2n) is 7.90. The Balaban J connectivity index is 2.18. The lowest BCUT2D eigenvalue weighted by Crippen LogP contribution is -2.45. The summed E-state index contributed by atoms with van der Waals surface area (Å²) < 4.78 is 7.26. The van der Waals surface area contributed by atoms with Crippen LogP contribution in [0.3, 0.4) is 0 Å². The van der Waals surface area contributed by atoms with Crippen molar-refractivity contribution in [1.82, 2.24) is 14.4 Å². The molecule has 0 radical (unpaired) electrons. The molecule has 6 heteroatoms. The number of carbonyl (C=O) groups is 2. The van der Waals surface area contributed by atoms with Crippen LogP contribution < -0.4 is 0 Å². The minimum atomic E-state index is -0.261. The minimum absolute atomic E-state index is 0.0200. The minimum Gasteiger partial charge on any atom is -0.383 e. The largest absolute Gasteiger partial charge is 0.383 e. The van der Waals surface area contributed by atoms with Crippen LogP contribution in [-0.2, 0) is 27.9 Å². The number of aromatic nitrogens is 1. The van der Waals surface area contributed by atoms with Crippen molar-refractivity contribution in [2.45, 2.75) is 45.6 Å². The number of unbranched alkanes of at least 4 members (excludes halogenated alkanes) is 1. The highest BCUT2D eigenvalue weighted by atomic mass is 16.5. The van der Waals surface area contributed by atoms with Crippen molar-refractivity contribution in [3.8, 4) is 0 Å². The van der Waals surface area contributed by atoms with Gasteiger partial charge >= 0.3 is 0 Å². The molecule has 31 heavy (non-hydrogen) atoms. The molecular formula is C25H37N3O3. The molecule has 1 aromatic heterocycles. The third kappa shape index (κ3) is 7.24. The highest BCUT2D eigenvalue weighted by molar-refractivity contribution is 5.88. The van der Waals surface area contributed by atoms with Crippen molar-refractivity contribution in [3.63, 3.8) is 0 Å². The Bertz CT molecular complexity index is 803. The van der Waals surface area contributed by atoms with Crippen LogP contribution >= 0.6 is 0 Å². The molecule has 0 spiro atoms. The van der Waals surface area contributed by atoms with Gasteiger partial charge in [0.1, 0.15) is 0 Å². The van der Waals surface area contributed by atoms with Crippen molar-refractivity contribution in [2.75, 3.05) is 33.4 Å². The van der Waals surface area contributed by atoms with Crippen LogP contribution in [0.25, 0.3) is 0 Å². The van der Waals surface area contributed by atoms with Gasteiger partial charge in [-0.2, -0.15) is 0 Å². The van der Waals surface area contributed by atoms with E-state index in [1.165, 1.54) is 0 Å². The normalized spacial score (nSPS) is 11.9. The molecule has 1 heterocycles. The first-order valence-corrected chi connectivity index (χ1v) is 11.2. The molecule has 170 valence electrons. The van der Waals surface area contributed by atoms with E-state index in [1.54, 1.807) is 12.0 Å². The molecule has 0 aliphatic heterocycles. The molecule has 2 aromatic rings. The molecule has 0 N–H and O–H groups in total. The van der Waals surface area contributed by atoms with Crippen LogP contribution in [0.1, 0.15) is 50.3 Å². The van der Waals surface area contributed by atoms with Gasteiger partial charge in [-0.1, -0.05) is 50.6 Å². The molecule has 1 atom stereocenters. The van der Waals surface area contributed by atoms with Gasteiger partial charge in [-0.15, -0.1) is 0 Å². The quantitative estimate of drug-likeness (QED) is 0.488. The number of carbonyl (C=O) groups excluding carboxylic acids is 2. The Morgan fingerprint density at radius 2 is 1.77 bits per heavy atom. The fraction of sp³-hybridized carbons (Fsp3) is 0.520. The average Bonchev–Trinajstić information content (AvgIpc) is 3.19. The second kappa shape index (κ2) is 13.0. The van der Waals surface area contributed by atoms with Gasteiger partial charge in [0.25, 0.3) is 0 Å². The SMILES string of the molecule is CCCCN(Cc1cccn1C)C(=O)CN(CCOC)C(=O)C(CC)c1ccccc1. The van der Waals surface area contributed by atoms with E-state index in [0.717, 1.165) is 24.1 Å². The third-order valence-corrected chi connectivity index (χ3v) is 5.65. The van der Waals surface area contributed by atoms with Crippen LogP contribution in [0.2, 0.25) is 0 Å². The number of amides is 2. The first-order chi connectivity index (χ1) is 15.0. The smallest absolute Gasteiger partial charge is 0.242 e. The van der Waals surface area contributed by atoms with Gasteiger partial charge in [-0.25, -0.2) is 0 Å². The van der Waals surface area contributed by atoms with Gasteiger partial charge in [0.05, 0.1) is 25.6 Å². The first-order valence-electron chi connectivity index (χ1n) is 11.2. The van der Waals surface area contributed by atoms with E-state index in [0.29, 0.717) is 32.7 Å². The molecule has 2 amide bonds. The van der Waals surface area contributed by atoms with Crippen molar-refractivity contribution in [2.24, 2.45) is 7.05 Å². The summed E-state index contributed by atoms with van der Waals surface area (Å²) in [6.45, 7) is 6.22. The highest BCUT2D eigenvalue weighted by Gasteiger charge is 2.27. The zero-order valence-corrected chi connectivity index (χ0v) is 19.4. The third-order valence-electron chi connectivity index (χ3n) is 5.65. The summed E-state index contributed by atoms with van der Waals surface area (Å²) in [6.07, 6.45) is 4.61. The maximum absolute atomic E-state index is 13.4. The highest BCUT2D eigenvalue weighted by Crippen LogP contribution is 2.22. The summed E-state index contributed by atoms with van der Waals surface area (Å²) in [4.78, 5) is 30.2. The van der Waals surface area contributed by atoms with Gasteiger partial charge in [0.15, 0.2) is 0 Å². The number of hydrogen-bond acceptors (Lipinski definition) is 3. The number of aryl methyl sites for hydroxylation is 1. The zero-order chi connectivity index (χ0) is 22.6. The Labute approximate surface area is 186 Å². The van der Waals surface area contributed by atoms with Crippen LogP contribution in [-0.4, -0.2) is 59.5 Å². The Kier molecular flexibility index (Phi) is 10.3. The molecule has 6 nitrogen and oxygen atoms in total. The fourth-order valence-corrected chi connectivity index (χ4v) is 3.69. The second-order valence-corrected chi connectivity index (χ2v) is 7.90. The van der Waals surface area contributed by atoms with Crippen LogP contribution in [0.5, 0.6) is 0 Å². The van der Waals surface area contributed by atoms with E-state index in [1.807, 2.05) is 72.1 Å². The van der Waals surface area contributed by atoms with Gasteiger partial charge in [-0.3, -0.25) is 9.59 Å². The van der Waals surface area contributed by atoms with E-state index in [-0.39, 0.29) is 24.3 Å². The topological polar surface area (TPSA) is 54.8 Å². The number of ether oxygens (including phenoxy) is 1. The molecular weight excluding hydrogens is 390 g/mol. The lowest BCUT2D eigenvalue weighted by Gasteiger charge is -2.30. The molecule has 0 fully saturated rings. The van der Waals surface area contributed by atoms with Gasteiger partial charge in [-0.05, 0) is 30.5 Å². The monoisotopic (exact) mass is 427 g/mol. The van der Waals surface area contributed by atoms with E-state index in [9.17, 15) is 9.59 Å². The van der Waals surface area contributed by atoms with Crippen molar-refractivity contribution >= 4 is 11.8 Å². The summed E-state index contributed by atoms with van der Waals surface area (Å²) in [5, 5.41) is 0. The molecule has 0 bridgehead atoms. The summed E-state index contributed by atoms with van der Waals surface area (Å²) in [5.74, 6) is -0.307. The van der Waals surface area contributed by atoms with Gasteiger partial charge < -0.3 is 19.1 Å². The fourth-order valence-electron chi connectivity index (χ4n) is 3.69. The first kappa shape index (κ1) is 24.7. The summed E-state index contributed by atoms with van der Waals surface area (Å²) in [7, 11) is 3.60. The number of methoxy groups -OCH3 is 1. The number of hydrogen-bond donors (Lipinski definition) is 0. The Hall–Kier alpha value is -2.60. The molecule has 0 aliphatic carbocycles. The van der Waals surface area contributed by atoms with Crippen LogP contribution in [0, 0.1) is 0 Å². The Morgan fingerprint density at radius 1 is 1.03 bits per heavy atom. The molecule has 0 saturated heterocycles.